The number of rotatable bonds is 15. The number of amides is 5. The number of nitrogens with zero attached hydrogens (tertiary/aromatic N) is 1. The van der Waals surface area contributed by atoms with E-state index in [-0.39, 0.29) is 18.8 Å². The van der Waals surface area contributed by atoms with Gasteiger partial charge in [-0.05, 0) is 12.3 Å². The Bertz CT molecular complexity index is 919. The van der Waals surface area contributed by atoms with E-state index in [4.69, 9.17) is 17.2 Å². The highest BCUT2D eigenvalue weighted by Gasteiger charge is 2.32. The monoisotopic (exact) mass is 496 g/mol. The maximum atomic E-state index is 12.9. The molecule has 1 aromatic heterocycles. The molecular formula is C20H32N8O7. The lowest BCUT2D eigenvalue weighted by atomic mass is 10.0. The van der Waals surface area contributed by atoms with Gasteiger partial charge < -0.3 is 43.2 Å². The van der Waals surface area contributed by atoms with E-state index in [9.17, 15) is 33.9 Å². The number of carboxylic acid groups (broad SMARTS) is 1. The number of hydrogen-bond donors (Lipinski definition) is 8. The number of carbonyl (C=O) groups is 6. The molecule has 0 aliphatic heterocycles. The first-order valence-electron chi connectivity index (χ1n) is 10.7. The smallest absolute Gasteiger partial charge is 0.326 e. The summed E-state index contributed by atoms with van der Waals surface area (Å²) in [5, 5.41) is 16.1. The van der Waals surface area contributed by atoms with E-state index in [0.29, 0.717) is 5.69 Å². The summed E-state index contributed by atoms with van der Waals surface area (Å²) in [5.41, 5.74) is 16.7. The number of H-pyrrole nitrogens is 1. The molecule has 0 aromatic carbocycles. The maximum absolute atomic E-state index is 12.9. The van der Waals surface area contributed by atoms with Gasteiger partial charge >= 0.3 is 5.97 Å². The van der Waals surface area contributed by atoms with E-state index in [1.165, 1.54) is 12.5 Å². The Morgan fingerprint density at radius 2 is 1.43 bits per heavy atom. The van der Waals surface area contributed by atoms with Crippen LogP contribution in [0.2, 0.25) is 0 Å². The zero-order chi connectivity index (χ0) is 26.7. The lowest BCUT2D eigenvalue weighted by Crippen LogP contribution is -2.58. The lowest BCUT2D eigenvalue weighted by molar-refractivity contribution is -0.144. The minimum Gasteiger partial charge on any atom is -0.480 e. The third-order valence-corrected chi connectivity index (χ3v) is 4.73. The molecule has 0 spiro atoms. The van der Waals surface area contributed by atoms with Crippen molar-refractivity contribution in [2.75, 3.05) is 0 Å². The molecular weight excluding hydrogens is 464 g/mol. The molecule has 0 radical (unpaired) electrons. The standard InChI is InChI=1S/C20H32N8O7/c1-9(2)3-12(26-17(31)11(21)4-10-7-24-8-25-10)18(32)27-13(5-15(22)29)19(33)28-14(20(34)35)6-16(23)30/h7-9,11-14H,3-6,21H2,1-2H3,(H2,22,29)(H2,23,30)(H,24,25)(H,26,31)(H,27,32)(H,28,33)(H,34,35). The average Bonchev–Trinajstić information content (AvgIpc) is 3.23. The van der Waals surface area contributed by atoms with Crippen LogP contribution in [-0.4, -0.2) is 74.7 Å². The van der Waals surface area contributed by atoms with Gasteiger partial charge in [-0.1, -0.05) is 13.8 Å². The number of primary amides is 2. The van der Waals surface area contributed by atoms with E-state index >= 15 is 0 Å². The summed E-state index contributed by atoms with van der Waals surface area (Å²) in [7, 11) is 0. The fourth-order valence-corrected chi connectivity index (χ4v) is 3.06. The second kappa shape index (κ2) is 13.6. The van der Waals surface area contributed by atoms with Gasteiger partial charge in [-0.3, -0.25) is 24.0 Å². The molecule has 15 heteroatoms. The number of hydrogen-bond acceptors (Lipinski definition) is 8. The summed E-state index contributed by atoms with van der Waals surface area (Å²) < 4.78 is 0. The van der Waals surface area contributed by atoms with Crippen molar-refractivity contribution in [1.82, 2.24) is 25.9 Å². The van der Waals surface area contributed by atoms with Gasteiger partial charge in [0, 0.05) is 18.3 Å². The van der Waals surface area contributed by atoms with Crippen LogP contribution in [0.5, 0.6) is 0 Å². The molecule has 0 bridgehead atoms. The Morgan fingerprint density at radius 3 is 1.91 bits per heavy atom. The number of aliphatic carboxylic acids is 1. The van der Waals surface area contributed by atoms with Crippen molar-refractivity contribution in [1.29, 1.82) is 0 Å². The van der Waals surface area contributed by atoms with Crippen LogP contribution in [-0.2, 0) is 35.2 Å². The predicted molar refractivity (Wildman–Crippen MR) is 121 cm³/mol. The SMILES string of the molecule is CC(C)CC(NC(=O)C(N)Cc1cnc[nH]1)C(=O)NC(CC(N)=O)C(=O)NC(CC(N)=O)C(=O)O. The quantitative estimate of drug-likeness (QED) is 0.120. The van der Waals surface area contributed by atoms with Crippen LogP contribution in [0.4, 0.5) is 0 Å². The van der Waals surface area contributed by atoms with Gasteiger partial charge in [0.25, 0.3) is 0 Å². The maximum Gasteiger partial charge on any atom is 0.326 e. The van der Waals surface area contributed by atoms with Gasteiger partial charge in [-0.25, -0.2) is 9.78 Å². The normalized spacial score (nSPS) is 14.3. The van der Waals surface area contributed by atoms with Crippen molar-refractivity contribution in [3.63, 3.8) is 0 Å². The van der Waals surface area contributed by atoms with Crippen LogP contribution < -0.4 is 33.2 Å². The number of aromatic amines is 1. The Kier molecular flexibility index (Phi) is 11.3. The van der Waals surface area contributed by atoms with Crippen LogP contribution in [0.1, 0.15) is 38.8 Å². The minimum absolute atomic E-state index is 0.0646. The molecule has 0 aliphatic carbocycles. The summed E-state index contributed by atoms with van der Waals surface area (Å²) in [5.74, 6) is -6.08. The van der Waals surface area contributed by atoms with Gasteiger partial charge in [0.15, 0.2) is 0 Å². The molecule has 4 atom stereocenters. The van der Waals surface area contributed by atoms with E-state index in [1.807, 2.05) is 5.32 Å². The molecule has 4 unspecified atom stereocenters. The highest BCUT2D eigenvalue weighted by Crippen LogP contribution is 2.08. The van der Waals surface area contributed by atoms with Gasteiger partial charge in [0.05, 0.1) is 25.2 Å². The number of carboxylic acids is 1. The fraction of sp³-hybridized carbons (Fsp3) is 0.550. The highest BCUT2D eigenvalue weighted by molar-refractivity contribution is 5.96. The second-order valence-corrected chi connectivity index (χ2v) is 8.38. The number of nitrogens with one attached hydrogen (secondary N) is 4. The molecule has 35 heavy (non-hydrogen) atoms. The fourth-order valence-electron chi connectivity index (χ4n) is 3.06. The lowest BCUT2D eigenvalue weighted by Gasteiger charge is -2.25. The Hall–Kier alpha value is -4.01. The second-order valence-electron chi connectivity index (χ2n) is 8.38. The molecule has 1 rings (SSSR count). The van der Waals surface area contributed by atoms with Crippen LogP contribution in [0.15, 0.2) is 12.5 Å². The third-order valence-electron chi connectivity index (χ3n) is 4.73. The van der Waals surface area contributed by atoms with E-state index < -0.39 is 72.5 Å². The molecule has 0 aliphatic rings. The minimum atomic E-state index is -1.68. The van der Waals surface area contributed by atoms with E-state index in [0.717, 1.165) is 0 Å². The molecule has 1 heterocycles. The molecule has 15 nitrogen and oxygen atoms in total. The Balaban J connectivity index is 2.96. The highest BCUT2D eigenvalue weighted by atomic mass is 16.4. The summed E-state index contributed by atoms with van der Waals surface area (Å²) in [6.07, 6.45) is 1.85. The molecule has 1 aromatic rings. The van der Waals surface area contributed by atoms with Crippen LogP contribution in [0.3, 0.4) is 0 Å². The molecule has 0 fully saturated rings. The van der Waals surface area contributed by atoms with Crippen molar-refractivity contribution in [3.05, 3.63) is 18.2 Å². The Morgan fingerprint density at radius 1 is 0.914 bits per heavy atom. The number of imidazole rings is 1. The topological polar surface area (TPSA) is 265 Å². The molecule has 0 saturated heterocycles. The summed E-state index contributed by atoms with van der Waals surface area (Å²) in [6, 6.07) is -5.38. The molecule has 11 N–H and O–H groups in total. The molecule has 5 amide bonds. The van der Waals surface area contributed by atoms with Gasteiger partial charge in [-0.2, -0.15) is 0 Å². The van der Waals surface area contributed by atoms with Crippen LogP contribution >= 0.6 is 0 Å². The van der Waals surface area contributed by atoms with Gasteiger partial charge in [0.2, 0.25) is 29.5 Å². The summed E-state index contributed by atoms with van der Waals surface area (Å²) in [6.45, 7) is 3.59. The summed E-state index contributed by atoms with van der Waals surface area (Å²) in [4.78, 5) is 78.6. The zero-order valence-electron chi connectivity index (χ0n) is 19.4. The first-order valence-corrected chi connectivity index (χ1v) is 10.7. The first-order chi connectivity index (χ1) is 16.3. The van der Waals surface area contributed by atoms with Crippen molar-refractivity contribution in [3.8, 4) is 0 Å². The van der Waals surface area contributed by atoms with Crippen LogP contribution in [0, 0.1) is 5.92 Å². The number of carbonyl (C=O) groups excluding carboxylic acids is 5. The van der Waals surface area contributed by atoms with Crippen LogP contribution in [0.25, 0.3) is 0 Å². The predicted octanol–water partition coefficient (Wildman–Crippen LogP) is -3.38. The summed E-state index contributed by atoms with van der Waals surface area (Å²) >= 11 is 0. The first kappa shape index (κ1) is 29.0. The molecule has 194 valence electrons. The van der Waals surface area contributed by atoms with Gasteiger partial charge in [0.1, 0.15) is 18.1 Å². The van der Waals surface area contributed by atoms with Crippen molar-refractivity contribution < 1.29 is 33.9 Å². The van der Waals surface area contributed by atoms with E-state index in [2.05, 4.69) is 20.6 Å². The zero-order valence-corrected chi connectivity index (χ0v) is 19.4. The third kappa shape index (κ3) is 10.6. The number of aromatic nitrogens is 2. The largest absolute Gasteiger partial charge is 0.480 e. The molecule has 0 saturated carbocycles. The number of nitrogens with two attached hydrogens (primary N) is 3. The van der Waals surface area contributed by atoms with Crippen molar-refractivity contribution in [2.45, 2.75) is 63.7 Å². The van der Waals surface area contributed by atoms with Crippen molar-refractivity contribution >= 4 is 35.5 Å². The van der Waals surface area contributed by atoms with Gasteiger partial charge in [-0.15, -0.1) is 0 Å². The average molecular weight is 497 g/mol. The van der Waals surface area contributed by atoms with E-state index in [1.54, 1.807) is 13.8 Å². The van der Waals surface area contributed by atoms with Crippen molar-refractivity contribution in [2.24, 2.45) is 23.1 Å². The Labute approximate surface area is 200 Å².